The van der Waals surface area contributed by atoms with Crippen molar-refractivity contribution in [1.82, 2.24) is 15.3 Å². The summed E-state index contributed by atoms with van der Waals surface area (Å²) in [6, 6.07) is 17.8. The fourth-order valence-electron chi connectivity index (χ4n) is 6.61. The number of anilines is 3. The summed E-state index contributed by atoms with van der Waals surface area (Å²) in [5, 5.41) is 7.31. The van der Waals surface area contributed by atoms with Crippen molar-refractivity contribution in [3.63, 3.8) is 0 Å². The van der Waals surface area contributed by atoms with E-state index in [2.05, 4.69) is 50.8 Å². The molecule has 0 atom stereocenters. The SMILES string of the molecule is Fc1ccc(C2(CNC(=S)Nc3nc(N4CCCCCC4)cc(N4CCc5ccccc5C4)n3)CCCC2)cc1. The fourth-order valence-corrected chi connectivity index (χ4v) is 6.77. The largest absolute Gasteiger partial charge is 0.361 e. The van der Waals surface area contributed by atoms with Crippen LogP contribution in [0, 0.1) is 5.82 Å². The first-order valence-corrected chi connectivity index (χ1v) is 15.3. The van der Waals surface area contributed by atoms with E-state index in [1.54, 1.807) is 12.1 Å². The first-order valence-electron chi connectivity index (χ1n) is 14.8. The molecule has 3 heterocycles. The Bertz CT molecular complexity index is 1320. The first kappa shape index (κ1) is 26.9. The van der Waals surface area contributed by atoms with Crippen LogP contribution in [0.4, 0.5) is 22.0 Å². The van der Waals surface area contributed by atoms with Crippen molar-refractivity contribution in [3.05, 3.63) is 77.1 Å². The summed E-state index contributed by atoms with van der Waals surface area (Å²) in [6.45, 7) is 4.50. The van der Waals surface area contributed by atoms with Crippen LogP contribution in [-0.4, -0.2) is 41.3 Å². The number of nitrogens with zero attached hydrogens (tertiary/aromatic N) is 4. The van der Waals surface area contributed by atoms with Gasteiger partial charge in [0.05, 0.1) is 0 Å². The fraction of sp³-hybridized carbons (Fsp3) is 0.469. The number of fused-ring (bicyclic) bond motifs is 1. The third-order valence-corrected chi connectivity index (χ3v) is 9.16. The molecule has 2 aliphatic heterocycles. The van der Waals surface area contributed by atoms with Gasteiger partial charge in [-0.05, 0) is 73.1 Å². The number of hydrogen-bond acceptors (Lipinski definition) is 5. The van der Waals surface area contributed by atoms with E-state index in [1.165, 1.54) is 55.2 Å². The van der Waals surface area contributed by atoms with Gasteiger partial charge in [-0.15, -0.1) is 0 Å². The minimum atomic E-state index is -0.198. The topological polar surface area (TPSA) is 56.3 Å². The third kappa shape index (κ3) is 6.07. The zero-order chi connectivity index (χ0) is 27.4. The van der Waals surface area contributed by atoms with Gasteiger partial charge in [0, 0.05) is 44.2 Å². The highest BCUT2D eigenvalue weighted by molar-refractivity contribution is 7.80. The maximum absolute atomic E-state index is 13.6. The molecule has 3 aromatic rings. The first-order chi connectivity index (χ1) is 19.6. The van der Waals surface area contributed by atoms with Crippen molar-refractivity contribution >= 4 is 34.9 Å². The molecule has 2 N–H and O–H groups in total. The van der Waals surface area contributed by atoms with Crippen molar-refractivity contribution < 1.29 is 4.39 Å². The van der Waals surface area contributed by atoms with Crippen molar-refractivity contribution in [2.75, 3.05) is 41.3 Å². The smallest absolute Gasteiger partial charge is 0.232 e. The van der Waals surface area contributed by atoms with Gasteiger partial charge in [-0.25, -0.2) is 4.39 Å². The normalized spacial score (nSPS) is 18.6. The minimum absolute atomic E-state index is 0.0411. The minimum Gasteiger partial charge on any atom is -0.361 e. The van der Waals surface area contributed by atoms with Gasteiger partial charge in [-0.1, -0.05) is 62.1 Å². The van der Waals surface area contributed by atoms with E-state index >= 15 is 0 Å². The Balaban J connectivity index is 1.21. The van der Waals surface area contributed by atoms with Crippen LogP contribution < -0.4 is 20.4 Å². The lowest BCUT2D eigenvalue weighted by Crippen LogP contribution is -2.41. The zero-order valence-electron chi connectivity index (χ0n) is 23.2. The molecule has 0 radical (unpaired) electrons. The van der Waals surface area contributed by atoms with Gasteiger partial charge in [-0.2, -0.15) is 9.97 Å². The van der Waals surface area contributed by atoms with E-state index in [0.717, 1.165) is 57.1 Å². The summed E-state index contributed by atoms with van der Waals surface area (Å²) in [5.74, 6) is 2.24. The molecule has 2 aromatic carbocycles. The number of benzene rings is 2. The summed E-state index contributed by atoms with van der Waals surface area (Å²) in [5.41, 5.74) is 3.92. The summed E-state index contributed by atoms with van der Waals surface area (Å²) in [7, 11) is 0. The van der Waals surface area contributed by atoms with Gasteiger partial charge < -0.3 is 20.4 Å². The Morgan fingerprint density at radius 3 is 2.23 bits per heavy atom. The predicted octanol–water partition coefficient (Wildman–Crippen LogP) is 6.36. The van der Waals surface area contributed by atoms with Gasteiger partial charge in [-0.3, -0.25) is 0 Å². The number of halogens is 1. The molecule has 6 rings (SSSR count). The number of thiocarbonyl (C=S) groups is 1. The maximum Gasteiger partial charge on any atom is 0.232 e. The highest BCUT2D eigenvalue weighted by Gasteiger charge is 2.35. The maximum atomic E-state index is 13.6. The third-order valence-electron chi connectivity index (χ3n) is 8.91. The van der Waals surface area contributed by atoms with Gasteiger partial charge in [0.25, 0.3) is 0 Å². The molecule has 1 aromatic heterocycles. The van der Waals surface area contributed by atoms with E-state index in [9.17, 15) is 4.39 Å². The van der Waals surface area contributed by atoms with E-state index < -0.39 is 0 Å². The zero-order valence-corrected chi connectivity index (χ0v) is 24.0. The molecule has 2 fully saturated rings. The van der Waals surface area contributed by atoms with Gasteiger partial charge in [0.2, 0.25) is 5.95 Å². The van der Waals surface area contributed by atoms with Gasteiger partial charge in [0.15, 0.2) is 5.11 Å². The van der Waals surface area contributed by atoms with E-state index in [-0.39, 0.29) is 11.2 Å². The molecule has 8 heteroatoms. The Labute approximate surface area is 242 Å². The quantitative estimate of drug-likeness (QED) is 0.342. The Kier molecular flexibility index (Phi) is 8.14. The van der Waals surface area contributed by atoms with E-state index in [1.807, 2.05) is 12.1 Å². The molecule has 6 nitrogen and oxygen atoms in total. The molecule has 0 unspecified atom stereocenters. The lowest BCUT2D eigenvalue weighted by molar-refractivity contribution is 0.434. The summed E-state index contributed by atoms with van der Waals surface area (Å²) < 4.78 is 13.6. The number of rotatable bonds is 6. The molecule has 1 saturated carbocycles. The summed E-state index contributed by atoms with van der Waals surface area (Å²) in [6.07, 6.45) is 10.4. The standard InChI is InChI=1S/C32H39FN6S/c33-27-13-11-26(12-14-27)32(16-5-6-17-32)23-34-31(40)37-30-35-28(38-18-7-1-2-8-19-38)21-29(36-30)39-20-15-24-9-3-4-10-25(24)22-39/h3-4,9-14,21H,1-2,5-8,15-20,22-23H2,(H2,34,35,36,37,40). The number of hydrogen-bond donors (Lipinski definition) is 2. The highest BCUT2D eigenvalue weighted by atomic mass is 32.1. The molecule has 210 valence electrons. The molecular weight excluding hydrogens is 519 g/mol. The molecule has 3 aliphatic rings. The summed E-state index contributed by atoms with van der Waals surface area (Å²) >= 11 is 5.77. The molecule has 40 heavy (non-hydrogen) atoms. The average molecular weight is 559 g/mol. The van der Waals surface area contributed by atoms with Crippen molar-refractivity contribution in [2.24, 2.45) is 0 Å². The number of aromatic nitrogens is 2. The molecule has 1 saturated heterocycles. The molecule has 0 spiro atoms. The summed E-state index contributed by atoms with van der Waals surface area (Å²) in [4.78, 5) is 14.7. The van der Waals surface area contributed by atoms with E-state index in [4.69, 9.17) is 22.2 Å². The second kappa shape index (κ2) is 12.1. The van der Waals surface area contributed by atoms with Crippen molar-refractivity contribution in [3.8, 4) is 0 Å². The van der Waals surface area contributed by atoms with Crippen LogP contribution in [0.2, 0.25) is 0 Å². The Morgan fingerprint density at radius 2 is 1.50 bits per heavy atom. The Hall–Kier alpha value is -3.26. The Morgan fingerprint density at radius 1 is 0.825 bits per heavy atom. The van der Waals surface area contributed by atoms with E-state index in [0.29, 0.717) is 17.6 Å². The lowest BCUT2D eigenvalue weighted by Gasteiger charge is -2.32. The monoisotopic (exact) mass is 558 g/mol. The number of nitrogens with one attached hydrogen (secondary N) is 2. The predicted molar refractivity (Wildman–Crippen MR) is 165 cm³/mol. The van der Waals surface area contributed by atoms with Gasteiger partial charge in [0.1, 0.15) is 17.5 Å². The second-order valence-corrected chi connectivity index (χ2v) is 12.0. The molecule has 1 aliphatic carbocycles. The van der Waals surface area contributed by atoms with Crippen LogP contribution in [0.25, 0.3) is 0 Å². The van der Waals surface area contributed by atoms with Crippen molar-refractivity contribution in [2.45, 2.75) is 69.7 Å². The molecule has 0 bridgehead atoms. The van der Waals surface area contributed by atoms with Crippen LogP contribution in [0.1, 0.15) is 68.1 Å². The van der Waals surface area contributed by atoms with Crippen LogP contribution in [0.3, 0.4) is 0 Å². The molecule has 0 amide bonds. The average Bonchev–Trinajstić information content (AvgIpc) is 3.30. The lowest BCUT2D eigenvalue weighted by atomic mass is 9.79. The van der Waals surface area contributed by atoms with Crippen LogP contribution in [0.15, 0.2) is 54.6 Å². The van der Waals surface area contributed by atoms with Crippen LogP contribution >= 0.6 is 12.2 Å². The van der Waals surface area contributed by atoms with Gasteiger partial charge >= 0.3 is 0 Å². The van der Waals surface area contributed by atoms with Crippen LogP contribution in [-0.2, 0) is 18.4 Å². The molecular formula is C32H39FN6S. The second-order valence-electron chi connectivity index (χ2n) is 11.6. The highest BCUT2D eigenvalue weighted by Crippen LogP contribution is 2.40. The van der Waals surface area contributed by atoms with Crippen LogP contribution in [0.5, 0.6) is 0 Å². The van der Waals surface area contributed by atoms with Crippen molar-refractivity contribution in [1.29, 1.82) is 0 Å².